The molecule has 2 N–H and O–H groups in total. The van der Waals surface area contributed by atoms with E-state index in [1.54, 1.807) is 0 Å². The zero-order valence-electron chi connectivity index (χ0n) is 13.8. The summed E-state index contributed by atoms with van der Waals surface area (Å²) in [5.74, 6) is 0. The molecule has 2 rings (SSSR count). The first-order chi connectivity index (χ1) is 10.2. The van der Waals surface area contributed by atoms with Crippen LogP contribution < -0.4 is 10.6 Å². The maximum Gasteiger partial charge on any atom is 0.0202 e. The Balaban J connectivity index is 2.09. The number of nitrogens with one attached hydrogen (secondary N) is 2. The predicted molar refractivity (Wildman–Crippen MR) is 92.6 cm³/mol. The molecule has 0 radical (unpaired) electrons. The molecule has 0 aliphatic heterocycles. The molecular formula is C19H34N2. The topological polar surface area (TPSA) is 24.1 Å². The standard InChI is InChI=1S/C19H34N2/c1-3-15-20-18(11-7-5-8-12-18)17-19(21-16-4-2)13-9-6-10-14-19/h3-4,20-21H,1-2,5-17H2. The lowest BCUT2D eigenvalue weighted by Gasteiger charge is -2.48. The quantitative estimate of drug-likeness (QED) is 0.650. The van der Waals surface area contributed by atoms with Crippen LogP contribution in [0.3, 0.4) is 0 Å². The molecule has 0 aromatic rings. The maximum atomic E-state index is 3.90. The van der Waals surface area contributed by atoms with E-state index in [9.17, 15) is 0 Å². The van der Waals surface area contributed by atoms with Crippen molar-refractivity contribution in [1.29, 1.82) is 0 Å². The van der Waals surface area contributed by atoms with E-state index in [0.29, 0.717) is 11.1 Å². The lowest BCUT2D eigenvalue weighted by molar-refractivity contribution is 0.123. The van der Waals surface area contributed by atoms with E-state index < -0.39 is 0 Å². The van der Waals surface area contributed by atoms with Gasteiger partial charge in [-0.1, -0.05) is 50.7 Å². The van der Waals surface area contributed by atoms with Crippen LogP contribution in [-0.2, 0) is 0 Å². The van der Waals surface area contributed by atoms with Gasteiger partial charge in [-0.2, -0.15) is 0 Å². The van der Waals surface area contributed by atoms with Crippen LogP contribution in [0.5, 0.6) is 0 Å². The van der Waals surface area contributed by atoms with Crippen molar-refractivity contribution in [1.82, 2.24) is 10.6 Å². The van der Waals surface area contributed by atoms with Gasteiger partial charge in [-0.25, -0.2) is 0 Å². The fraction of sp³-hybridized carbons (Fsp3) is 0.789. The van der Waals surface area contributed by atoms with Gasteiger partial charge >= 0.3 is 0 Å². The normalized spacial score (nSPS) is 24.4. The Hall–Kier alpha value is -0.600. The largest absolute Gasteiger partial charge is 0.308 e. The highest BCUT2D eigenvalue weighted by Crippen LogP contribution is 2.40. The predicted octanol–water partition coefficient (Wildman–Crippen LogP) is 4.33. The second kappa shape index (κ2) is 8.14. The molecule has 2 nitrogen and oxygen atoms in total. The molecule has 0 bridgehead atoms. The molecule has 0 unspecified atom stereocenters. The highest BCUT2D eigenvalue weighted by Gasteiger charge is 2.41. The zero-order chi connectivity index (χ0) is 15.0. The number of hydrogen-bond donors (Lipinski definition) is 2. The first-order valence-electron chi connectivity index (χ1n) is 8.96. The summed E-state index contributed by atoms with van der Waals surface area (Å²) >= 11 is 0. The molecule has 2 aliphatic rings. The van der Waals surface area contributed by atoms with Gasteiger partial charge in [0.2, 0.25) is 0 Å². The molecular weight excluding hydrogens is 256 g/mol. The van der Waals surface area contributed by atoms with E-state index in [2.05, 4.69) is 23.8 Å². The summed E-state index contributed by atoms with van der Waals surface area (Å²) in [6, 6.07) is 0. The van der Waals surface area contributed by atoms with Gasteiger partial charge in [-0.05, 0) is 32.1 Å². The van der Waals surface area contributed by atoms with Crippen LogP contribution in [0.4, 0.5) is 0 Å². The van der Waals surface area contributed by atoms with E-state index in [0.717, 1.165) is 13.1 Å². The maximum absolute atomic E-state index is 3.90. The number of hydrogen-bond acceptors (Lipinski definition) is 2. The minimum atomic E-state index is 0.331. The molecule has 21 heavy (non-hydrogen) atoms. The first-order valence-corrected chi connectivity index (χ1v) is 8.96. The average molecular weight is 290 g/mol. The van der Waals surface area contributed by atoms with Crippen molar-refractivity contribution in [2.24, 2.45) is 0 Å². The monoisotopic (exact) mass is 290 g/mol. The van der Waals surface area contributed by atoms with Gasteiger partial charge in [-0.3, -0.25) is 0 Å². The highest BCUT2D eigenvalue weighted by molar-refractivity contribution is 5.03. The third-order valence-electron chi connectivity index (χ3n) is 5.54. The summed E-state index contributed by atoms with van der Waals surface area (Å²) in [5, 5.41) is 7.70. The Bertz CT molecular complexity index is 290. The summed E-state index contributed by atoms with van der Waals surface area (Å²) in [6.07, 6.45) is 19.0. The smallest absolute Gasteiger partial charge is 0.0202 e. The number of rotatable bonds is 8. The second-order valence-corrected chi connectivity index (χ2v) is 7.20. The Morgan fingerprint density at radius 1 is 0.667 bits per heavy atom. The van der Waals surface area contributed by atoms with Gasteiger partial charge < -0.3 is 10.6 Å². The fourth-order valence-corrected chi connectivity index (χ4v) is 4.51. The summed E-state index contributed by atoms with van der Waals surface area (Å²) in [4.78, 5) is 0. The van der Waals surface area contributed by atoms with E-state index in [-0.39, 0.29) is 0 Å². The van der Waals surface area contributed by atoms with Crippen molar-refractivity contribution in [3.05, 3.63) is 25.3 Å². The van der Waals surface area contributed by atoms with Gasteiger partial charge in [0, 0.05) is 24.2 Å². The molecule has 120 valence electrons. The van der Waals surface area contributed by atoms with Crippen molar-refractivity contribution in [3.63, 3.8) is 0 Å². The van der Waals surface area contributed by atoms with Crippen molar-refractivity contribution in [3.8, 4) is 0 Å². The van der Waals surface area contributed by atoms with Crippen LogP contribution in [0.25, 0.3) is 0 Å². The van der Waals surface area contributed by atoms with Gasteiger partial charge in [0.15, 0.2) is 0 Å². The molecule has 2 saturated carbocycles. The van der Waals surface area contributed by atoms with Crippen LogP contribution in [0.2, 0.25) is 0 Å². The first kappa shape index (κ1) is 16.8. The third-order valence-corrected chi connectivity index (χ3v) is 5.54. The molecule has 0 heterocycles. The van der Waals surface area contributed by atoms with E-state index >= 15 is 0 Å². The van der Waals surface area contributed by atoms with Crippen LogP contribution in [-0.4, -0.2) is 24.2 Å². The molecule has 0 atom stereocenters. The van der Waals surface area contributed by atoms with Crippen molar-refractivity contribution in [2.75, 3.05) is 13.1 Å². The third kappa shape index (κ3) is 4.69. The molecule has 2 heteroatoms. The van der Waals surface area contributed by atoms with Crippen molar-refractivity contribution < 1.29 is 0 Å². The van der Waals surface area contributed by atoms with E-state index in [4.69, 9.17) is 0 Å². The highest BCUT2D eigenvalue weighted by atomic mass is 15.0. The summed E-state index contributed by atoms with van der Waals surface area (Å²) in [5.41, 5.74) is 0.663. The van der Waals surface area contributed by atoms with Crippen molar-refractivity contribution >= 4 is 0 Å². The molecule has 0 saturated heterocycles. The van der Waals surface area contributed by atoms with Gasteiger partial charge in [0.05, 0.1) is 0 Å². The Kier molecular flexibility index (Phi) is 6.50. The van der Waals surface area contributed by atoms with Gasteiger partial charge in [0.25, 0.3) is 0 Å². The van der Waals surface area contributed by atoms with E-state index in [1.807, 2.05) is 12.2 Å². The zero-order valence-corrected chi connectivity index (χ0v) is 13.8. The van der Waals surface area contributed by atoms with E-state index in [1.165, 1.54) is 70.6 Å². The second-order valence-electron chi connectivity index (χ2n) is 7.20. The van der Waals surface area contributed by atoms with Gasteiger partial charge in [-0.15, -0.1) is 13.2 Å². The molecule has 0 spiro atoms. The molecule has 2 aliphatic carbocycles. The Morgan fingerprint density at radius 2 is 1.05 bits per heavy atom. The molecule has 0 amide bonds. The molecule has 0 aromatic heterocycles. The SMILES string of the molecule is C=CCNC1(CC2(NCC=C)CCCCC2)CCCCC1. The lowest BCUT2D eigenvalue weighted by atomic mass is 9.68. The minimum Gasteiger partial charge on any atom is -0.308 e. The van der Waals surface area contributed by atoms with Crippen LogP contribution in [0.1, 0.15) is 70.6 Å². The Labute approximate surface area is 131 Å². The van der Waals surface area contributed by atoms with Gasteiger partial charge in [0.1, 0.15) is 0 Å². The lowest BCUT2D eigenvalue weighted by Crippen LogP contribution is -2.57. The summed E-state index contributed by atoms with van der Waals surface area (Å²) in [6.45, 7) is 9.68. The van der Waals surface area contributed by atoms with Crippen LogP contribution in [0, 0.1) is 0 Å². The minimum absolute atomic E-state index is 0.331. The molecule has 2 fully saturated rings. The summed E-state index contributed by atoms with van der Waals surface area (Å²) < 4.78 is 0. The Morgan fingerprint density at radius 3 is 1.38 bits per heavy atom. The van der Waals surface area contributed by atoms with Crippen molar-refractivity contribution in [2.45, 2.75) is 81.7 Å². The average Bonchev–Trinajstić information content (AvgIpc) is 2.53. The van der Waals surface area contributed by atoms with Crippen LogP contribution in [0.15, 0.2) is 25.3 Å². The van der Waals surface area contributed by atoms with Crippen LogP contribution >= 0.6 is 0 Å². The molecule has 0 aromatic carbocycles. The summed E-state index contributed by atoms with van der Waals surface area (Å²) in [7, 11) is 0. The fourth-order valence-electron chi connectivity index (χ4n) is 4.51.